The van der Waals surface area contributed by atoms with Gasteiger partial charge in [-0.15, -0.1) is 0 Å². The third-order valence-corrected chi connectivity index (χ3v) is 6.05. The highest BCUT2D eigenvalue weighted by Gasteiger charge is 2.28. The molecule has 1 atom stereocenters. The standard InChI is InChI=1S/C20H21FN4O3S/c1-13-12-29-20(27)25(13)9-7-17(26)24-8-3-5-15(11-24)19-22-18(23-28-19)14-4-2-6-16(21)10-14/h2,4,6,10,12,15H,3,5,7-9,11H2,1H3. The monoisotopic (exact) mass is 416 g/mol. The van der Waals surface area contributed by atoms with Crippen molar-refractivity contribution in [2.24, 2.45) is 0 Å². The van der Waals surface area contributed by atoms with Gasteiger partial charge in [0, 0.05) is 42.7 Å². The number of nitrogens with zero attached hydrogens (tertiary/aromatic N) is 4. The Balaban J connectivity index is 1.40. The van der Waals surface area contributed by atoms with Gasteiger partial charge in [0.15, 0.2) is 0 Å². The van der Waals surface area contributed by atoms with Crippen LogP contribution in [0.3, 0.4) is 0 Å². The molecule has 1 aliphatic rings. The Kier molecular flexibility index (Phi) is 5.57. The van der Waals surface area contributed by atoms with Gasteiger partial charge in [-0.2, -0.15) is 4.98 Å². The molecular weight excluding hydrogens is 395 g/mol. The number of thiazole rings is 1. The number of hydrogen-bond donors (Lipinski definition) is 0. The lowest BCUT2D eigenvalue weighted by Crippen LogP contribution is -2.39. The molecular formula is C20H21FN4O3S. The predicted octanol–water partition coefficient (Wildman–Crippen LogP) is 3.20. The summed E-state index contributed by atoms with van der Waals surface area (Å²) in [4.78, 5) is 30.7. The van der Waals surface area contributed by atoms with Crippen molar-refractivity contribution in [2.45, 2.75) is 38.6 Å². The first kappa shape index (κ1) is 19.5. The van der Waals surface area contributed by atoms with Crippen LogP contribution in [-0.4, -0.2) is 38.6 Å². The summed E-state index contributed by atoms with van der Waals surface area (Å²) in [6.45, 7) is 3.43. The van der Waals surface area contributed by atoms with E-state index in [2.05, 4.69) is 10.1 Å². The molecule has 1 saturated heterocycles. The first-order valence-electron chi connectivity index (χ1n) is 9.53. The van der Waals surface area contributed by atoms with Gasteiger partial charge in [0.1, 0.15) is 5.82 Å². The quantitative estimate of drug-likeness (QED) is 0.638. The molecule has 29 heavy (non-hydrogen) atoms. The van der Waals surface area contributed by atoms with Crippen LogP contribution in [0, 0.1) is 12.7 Å². The molecule has 2 aromatic heterocycles. The van der Waals surface area contributed by atoms with Crippen molar-refractivity contribution in [3.63, 3.8) is 0 Å². The van der Waals surface area contributed by atoms with Crippen LogP contribution < -0.4 is 4.87 Å². The molecule has 1 fully saturated rings. The van der Waals surface area contributed by atoms with Crippen LogP contribution in [0.4, 0.5) is 4.39 Å². The SMILES string of the molecule is Cc1csc(=O)n1CCC(=O)N1CCCC(c2nc(-c3cccc(F)c3)no2)C1. The first-order chi connectivity index (χ1) is 14.0. The predicted molar refractivity (Wildman–Crippen MR) is 106 cm³/mol. The van der Waals surface area contributed by atoms with E-state index in [1.807, 2.05) is 6.92 Å². The van der Waals surface area contributed by atoms with Crippen LogP contribution in [-0.2, 0) is 11.3 Å². The highest BCUT2D eigenvalue weighted by molar-refractivity contribution is 7.07. The Bertz CT molecular complexity index is 1070. The molecule has 0 saturated carbocycles. The smallest absolute Gasteiger partial charge is 0.307 e. The van der Waals surface area contributed by atoms with Gasteiger partial charge in [0.05, 0.1) is 5.92 Å². The molecule has 4 rings (SSSR count). The lowest BCUT2D eigenvalue weighted by molar-refractivity contribution is -0.132. The van der Waals surface area contributed by atoms with Crippen LogP contribution in [0.2, 0.25) is 0 Å². The summed E-state index contributed by atoms with van der Waals surface area (Å²) in [6.07, 6.45) is 1.96. The Morgan fingerprint density at radius 3 is 3.03 bits per heavy atom. The molecule has 3 heterocycles. The molecule has 3 aromatic rings. The minimum atomic E-state index is -0.358. The zero-order valence-electron chi connectivity index (χ0n) is 16.0. The highest BCUT2D eigenvalue weighted by Crippen LogP contribution is 2.28. The number of hydrogen-bond acceptors (Lipinski definition) is 6. The van der Waals surface area contributed by atoms with Crippen molar-refractivity contribution in [2.75, 3.05) is 13.1 Å². The largest absolute Gasteiger partial charge is 0.342 e. The maximum Gasteiger partial charge on any atom is 0.307 e. The Morgan fingerprint density at radius 2 is 2.28 bits per heavy atom. The number of carbonyl (C=O) groups excluding carboxylic acids is 1. The summed E-state index contributed by atoms with van der Waals surface area (Å²) in [5, 5.41) is 5.77. The van der Waals surface area contributed by atoms with E-state index in [-0.39, 0.29) is 28.9 Å². The number of carbonyl (C=O) groups is 1. The summed E-state index contributed by atoms with van der Waals surface area (Å²) >= 11 is 1.15. The van der Waals surface area contributed by atoms with Crippen molar-refractivity contribution in [1.82, 2.24) is 19.6 Å². The number of aromatic nitrogens is 3. The van der Waals surface area contributed by atoms with Crippen molar-refractivity contribution >= 4 is 17.2 Å². The Hall–Kier alpha value is -2.81. The number of rotatable bonds is 5. The van der Waals surface area contributed by atoms with E-state index in [1.54, 1.807) is 27.0 Å². The van der Waals surface area contributed by atoms with E-state index in [9.17, 15) is 14.0 Å². The van der Waals surface area contributed by atoms with E-state index in [0.29, 0.717) is 36.9 Å². The van der Waals surface area contributed by atoms with Gasteiger partial charge in [-0.05, 0) is 31.9 Å². The number of likely N-dealkylation sites (tertiary alicyclic amines) is 1. The fraction of sp³-hybridized carbons (Fsp3) is 0.400. The topological polar surface area (TPSA) is 81.2 Å². The van der Waals surface area contributed by atoms with Crippen molar-refractivity contribution < 1.29 is 13.7 Å². The van der Waals surface area contributed by atoms with Crippen LogP contribution in [0.25, 0.3) is 11.4 Å². The molecule has 1 unspecified atom stereocenters. The number of aryl methyl sites for hydroxylation is 1. The van der Waals surface area contributed by atoms with E-state index in [1.165, 1.54) is 12.1 Å². The van der Waals surface area contributed by atoms with Crippen LogP contribution >= 0.6 is 11.3 Å². The summed E-state index contributed by atoms with van der Waals surface area (Å²) in [5.74, 6) is 0.412. The highest BCUT2D eigenvalue weighted by atomic mass is 32.1. The molecule has 1 aliphatic heterocycles. The van der Waals surface area contributed by atoms with Gasteiger partial charge >= 0.3 is 4.87 Å². The average Bonchev–Trinajstić information content (AvgIpc) is 3.34. The van der Waals surface area contributed by atoms with Gasteiger partial charge in [0.25, 0.3) is 0 Å². The molecule has 7 nitrogen and oxygen atoms in total. The summed E-state index contributed by atoms with van der Waals surface area (Å²) in [7, 11) is 0. The second kappa shape index (κ2) is 8.28. The second-order valence-corrected chi connectivity index (χ2v) is 8.01. The lowest BCUT2D eigenvalue weighted by Gasteiger charge is -2.31. The van der Waals surface area contributed by atoms with E-state index < -0.39 is 0 Å². The van der Waals surface area contributed by atoms with Crippen molar-refractivity contribution in [1.29, 1.82) is 0 Å². The summed E-state index contributed by atoms with van der Waals surface area (Å²) in [5.41, 5.74) is 1.43. The second-order valence-electron chi connectivity index (χ2n) is 7.19. The zero-order valence-corrected chi connectivity index (χ0v) is 16.8. The summed E-state index contributed by atoms with van der Waals surface area (Å²) in [6, 6.07) is 6.05. The van der Waals surface area contributed by atoms with Crippen molar-refractivity contribution in [3.05, 3.63) is 56.7 Å². The molecule has 0 N–H and O–H groups in total. The minimum Gasteiger partial charge on any atom is -0.342 e. The molecule has 0 aliphatic carbocycles. The number of amides is 1. The van der Waals surface area contributed by atoms with Gasteiger partial charge in [-0.1, -0.05) is 28.6 Å². The number of benzene rings is 1. The van der Waals surface area contributed by atoms with Gasteiger partial charge in [-0.25, -0.2) is 4.39 Å². The fourth-order valence-electron chi connectivity index (χ4n) is 3.59. The van der Waals surface area contributed by atoms with Gasteiger partial charge in [0.2, 0.25) is 17.6 Å². The number of piperidine rings is 1. The molecule has 1 aromatic carbocycles. The maximum absolute atomic E-state index is 13.4. The van der Waals surface area contributed by atoms with Crippen molar-refractivity contribution in [3.8, 4) is 11.4 Å². The zero-order chi connectivity index (χ0) is 20.4. The Morgan fingerprint density at radius 1 is 1.41 bits per heavy atom. The minimum absolute atomic E-state index is 0.0112. The molecule has 0 bridgehead atoms. The van der Waals surface area contributed by atoms with Crippen LogP contribution in [0.15, 0.2) is 39.0 Å². The molecule has 0 spiro atoms. The third-order valence-electron chi connectivity index (χ3n) is 5.17. The summed E-state index contributed by atoms with van der Waals surface area (Å²) < 4.78 is 20.5. The molecule has 1 amide bonds. The fourth-order valence-corrected chi connectivity index (χ4v) is 4.35. The van der Waals surface area contributed by atoms with E-state index in [0.717, 1.165) is 29.9 Å². The first-order valence-corrected chi connectivity index (χ1v) is 10.4. The van der Waals surface area contributed by atoms with Crippen LogP contribution in [0.5, 0.6) is 0 Å². The normalized spacial score (nSPS) is 16.9. The molecule has 9 heteroatoms. The molecule has 0 radical (unpaired) electrons. The average molecular weight is 416 g/mol. The van der Waals surface area contributed by atoms with Crippen LogP contribution in [0.1, 0.15) is 36.8 Å². The number of halogens is 1. The van der Waals surface area contributed by atoms with Gasteiger partial charge in [-0.3, -0.25) is 9.59 Å². The van der Waals surface area contributed by atoms with E-state index >= 15 is 0 Å². The lowest BCUT2D eigenvalue weighted by atomic mass is 9.97. The van der Waals surface area contributed by atoms with E-state index in [4.69, 9.17) is 4.52 Å². The Labute approximate surface area is 170 Å². The molecule has 152 valence electrons. The maximum atomic E-state index is 13.4. The van der Waals surface area contributed by atoms with Gasteiger partial charge < -0.3 is 14.0 Å². The third kappa shape index (κ3) is 4.29.